The summed E-state index contributed by atoms with van der Waals surface area (Å²) in [5, 5.41) is 13.6. The number of fused-ring (bicyclic) bond motifs is 1. The van der Waals surface area contributed by atoms with E-state index in [-0.39, 0.29) is 6.10 Å². The maximum atomic E-state index is 9.95. The summed E-state index contributed by atoms with van der Waals surface area (Å²) < 4.78 is 0. The molecule has 1 aliphatic heterocycles. The number of piperidine rings is 1. The van der Waals surface area contributed by atoms with Crippen molar-refractivity contribution < 1.29 is 5.11 Å². The Morgan fingerprint density at radius 3 is 2.77 bits per heavy atom. The molecule has 1 saturated carbocycles. The van der Waals surface area contributed by atoms with Crippen LogP contribution in [0.1, 0.15) is 39.5 Å². The molecule has 0 aromatic carbocycles. The minimum Gasteiger partial charge on any atom is -0.393 e. The van der Waals surface area contributed by atoms with Crippen molar-refractivity contribution in [3.05, 3.63) is 0 Å². The second-order valence-corrected chi connectivity index (χ2v) is 4.97. The fourth-order valence-corrected chi connectivity index (χ4v) is 3.11. The largest absolute Gasteiger partial charge is 0.393 e. The smallest absolute Gasteiger partial charge is 0.0598 e. The molecule has 2 N–H and O–H groups in total. The SMILES string of the molecule is CC1CC(O)C2CCC[C@@H](C)C2N1. The lowest BCUT2D eigenvalue weighted by Crippen LogP contribution is -2.56. The summed E-state index contributed by atoms with van der Waals surface area (Å²) in [4.78, 5) is 0. The van der Waals surface area contributed by atoms with E-state index in [0.717, 1.165) is 12.3 Å². The fraction of sp³-hybridized carbons (Fsp3) is 1.00. The number of hydrogen-bond donors (Lipinski definition) is 2. The molecule has 2 heteroatoms. The molecule has 2 fully saturated rings. The second kappa shape index (κ2) is 3.58. The highest BCUT2D eigenvalue weighted by Crippen LogP contribution is 2.35. The minimum atomic E-state index is -0.0519. The summed E-state index contributed by atoms with van der Waals surface area (Å²) in [6, 6.07) is 1.07. The lowest BCUT2D eigenvalue weighted by Gasteiger charge is -2.45. The molecule has 0 bridgehead atoms. The molecule has 0 radical (unpaired) electrons. The van der Waals surface area contributed by atoms with Crippen LogP contribution in [-0.4, -0.2) is 23.3 Å². The van der Waals surface area contributed by atoms with Crippen molar-refractivity contribution in [2.75, 3.05) is 0 Å². The maximum Gasteiger partial charge on any atom is 0.0598 e. The minimum absolute atomic E-state index is 0.0519. The zero-order chi connectivity index (χ0) is 9.42. The molecule has 2 aliphatic rings. The van der Waals surface area contributed by atoms with Gasteiger partial charge in [-0.2, -0.15) is 0 Å². The van der Waals surface area contributed by atoms with Crippen molar-refractivity contribution in [3.63, 3.8) is 0 Å². The molecule has 2 rings (SSSR count). The normalized spacial score (nSPS) is 51.5. The monoisotopic (exact) mass is 183 g/mol. The zero-order valence-corrected chi connectivity index (χ0v) is 8.66. The van der Waals surface area contributed by atoms with E-state index < -0.39 is 0 Å². The number of hydrogen-bond acceptors (Lipinski definition) is 2. The van der Waals surface area contributed by atoms with Crippen LogP contribution in [0.15, 0.2) is 0 Å². The molecule has 1 saturated heterocycles. The summed E-state index contributed by atoms with van der Waals surface area (Å²) in [6.45, 7) is 4.50. The maximum absolute atomic E-state index is 9.95. The van der Waals surface area contributed by atoms with Gasteiger partial charge in [0.1, 0.15) is 0 Å². The van der Waals surface area contributed by atoms with E-state index in [1.165, 1.54) is 19.3 Å². The van der Waals surface area contributed by atoms with E-state index in [9.17, 15) is 5.11 Å². The molecular formula is C11H21NO. The molecule has 5 atom stereocenters. The van der Waals surface area contributed by atoms with Crippen molar-refractivity contribution in [2.45, 2.75) is 57.7 Å². The molecule has 4 unspecified atom stereocenters. The third-order valence-electron chi connectivity index (χ3n) is 3.84. The van der Waals surface area contributed by atoms with Crippen LogP contribution >= 0.6 is 0 Å². The third kappa shape index (κ3) is 1.75. The summed E-state index contributed by atoms with van der Waals surface area (Å²) in [5.41, 5.74) is 0. The Kier molecular flexibility index (Phi) is 2.61. The van der Waals surface area contributed by atoms with Gasteiger partial charge in [-0.1, -0.05) is 13.3 Å². The number of aliphatic hydroxyl groups excluding tert-OH is 1. The average Bonchev–Trinajstić information content (AvgIpc) is 2.07. The molecule has 0 aromatic heterocycles. The molecule has 0 amide bonds. The van der Waals surface area contributed by atoms with E-state index in [1.54, 1.807) is 0 Å². The van der Waals surface area contributed by atoms with Crippen LogP contribution in [0.25, 0.3) is 0 Å². The van der Waals surface area contributed by atoms with Crippen LogP contribution in [0.2, 0.25) is 0 Å². The molecule has 0 aromatic rings. The quantitative estimate of drug-likeness (QED) is 0.597. The van der Waals surface area contributed by atoms with Crippen molar-refractivity contribution in [2.24, 2.45) is 11.8 Å². The van der Waals surface area contributed by atoms with E-state index in [1.807, 2.05) is 0 Å². The number of aliphatic hydroxyl groups is 1. The van der Waals surface area contributed by atoms with Gasteiger partial charge in [0.25, 0.3) is 0 Å². The summed E-state index contributed by atoms with van der Waals surface area (Å²) in [7, 11) is 0. The van der Waals surface area contributed by atoms with Crippen LogP contribution in [0.4, 0.5) is 0 Å². The summed E-state index contributed by atoms with van der Waals surface area (Å²) >= 11 is 0. The van der Waals surface area contributed by atoms with E-state index in [2.05, 4.69) is 19.2 Å². The van der Waals surface area contributed by atoms with E-state index in [0.29, 0.717) is 18.0 Å². The van der Waals surface area contributed by atoms with Gasteiger partial charge in [-0.15, -0.1) is 0 Å². The Morgan fingerprint density at radius 1 is 1.23 bits per heavy atom. The number of nitrogens with one attached hydrogen (secondary N) is 1. The Hall–Kier alpha value is -0.0800. The van der Waals surface area contributed by atoms with Gasteiger partial charge in [0.05, 0.1) is 6.10 Å². The van der Waals surface area contributed by atoms with Gasteiger partial charge in [-0.25, -0.2) is 0 Å². The van der Waals surface area contributed by atoms with Gasteiger partial charge in [0.15, 0.2) is 0 Å². The lowest BCUT2D eigenvalue weighted by molar-refractivity contribution is -0.00115. The van der Waals surface area contributed by atoms with Crippen molar-refractivity contribution in [1.29, 1.82) is 0 Å². The Bertz CT molecular complexity index is 183. The highest BCUT2D eigenvalue weighted by atomic mass is 16.3. The van der Waals surface area contributed by atoms with Crippen LogP contribution < -0.4 is 5.32 Å². The van der Waals surface area contributed by atoms with Crippen molar-refractivity contribution in [3.8, 4) is 0 Å². The summed E-state index contributed by atoms with van der Waals surface area (Å²) in [5.74, 6) is 1.27. The van der Waals surface area contributed by atoms with Gasteiger partial charge >= 0.3 is 0 Å². The molecule has 1 aliphatic carbocycles. The average molecular weight is 183 g/mol. The van der Waals surface area contributed by atoms with Gasteiger partial charge in [-0.3, -0.25) is 0 Å². The molecule has 1 heterocycles. The topological polar surface area (TPSA) is 32.3 Å². The highest BCUT2D eigenvalue weighted by Gasteiger charge is 2.39. The third-order valence-corrected chi connectivity index (χ3v) is 3.84. The van der Waals surface area contributed by atoms with Gasteiger partial charge < -0.3 is 10.4 Å². The highest BCUT2D eigenvalue weighted by molar-refractivity contribution is 4.95. The van der Waals surface area contributed by atoms with Gasteiger partial charge in [0.2, 0.25) is 0 Å². The molecule has 0 spiro atoms. The summed E-state index contributed by atoms with van der Waals surface area (Å²) in [6.07, 6.45) is 4.73. The molecule has 13 heavy (non-hydrogen) atoms. The molecule has 2 nitrogen and oxygen atoms in total. The Morgan fingerprint density at radius 2 is 2.00 bits per heavy atom. The molecule has 76 valence electrons. The zero-order valence-electron chi connectivity index (χ0n) is 8.66. The van der Waals surface area contributed by atoms with E-state index in [4.69, 9.17) is 0 Å². The Balaban J connectivity index is 2.08. The van der Waals surface area contributed by atoms with E-state index >= 15 is 0 Å². The second-order valence-electron chi connectivity index (χ2n) is 4.97. The van der Waals surface area contributed by atoms with Crippen LogP contribution in [-0.2, 0) is 0 Å². The fourth-order valence-electron chi connectivity index (χ4n) is 3.11. The predicted octanol–water partition coefficient (Wildman–Crippen LogP) is 1.53. The first-order valence-electron chi connectivity index (χ1n) is 5.62. The first-order valence-corrected chi connectivity index (χ1v) is 5.62. The van der Waals surface area contributed by atoms with Crippen molar-refractivity contribution >= 4 is 0 Å². The van der Waals surface area contributed by atoms with Crippen molar-refractivity contribution in [1.82, 2.24) is 5.32 Å². The van der Waals surface area contributed by atoms with Crippen LogP contribution in [0, 0.1) is 11.8 Å². The standard InChI is InChI=1S/C11H21NO/c1-7-4-3-5-9-10(13)6-8(2)12-11(7)9/h7-13H,3-6H2,1-2H3/t7-,8?,9?,10?,11?/m1/s1. The van der Waals surface area contributed by atoms with Crippen LogP contribution in [0.5, 0.6) is 0 Å². The predicted molar refractivity (Wildman–Crippen MR) is 53.5 cm³/mol. The van der Waals surface area contributed by atoms with Crippen LogP contribution in [0.3, 0.4) is 0 Å². The lowest BCUT2D eigenvalue weighted by atomic mass is 9.71. The molecular weight excluding hydrogens is 162 g/mol. The van der Waals surface area contributed by atoms with Gasteiger partial charge in [-0.05, 0) is 32.1 Å². The first kappa shape index (κ1) is 9.47. The van der Waals surface area contributed by atoms with Gasteiger partial charge in [0, 0.05) is 18.0 Å². The Labute approximate surface area is 80.7 Å². The number of rotatable bonds is 0. The first-order chi connectivity index (χ1) is 6.18.